The molecule has 194 valence electrons. The van der Waals surface area contributed by atoms with Crippen molar-refractivity contribution in [3.8, 4) is 23.0 Å². The summed E-state index contributed by atoms with van der Waals surface area (Å²) >= 11 is 3.32. The van der Waals surface area contributed by atoms with Crippen LogP contribution in [0, 0.1) is 0 Å². The molecule has 0 aromatic heterocycles. The van der Waals surface area contributed by atoms with Crippen LogP contribution in [0.5, 0.6) is 23.0 Å². The Balaban J connectivity index is 2.26. The van der Waals surface area contributed by atoms with E-state index in [1.807, 2.05) is 13.8 Å². The fourth-order valence-electron chi connectivity index (χ4n) is 4.35. The average Bonchev–Trinajstić information content (AvgIpc) is 3.14. The van der Waals surface area contributed by atoms with E-state index in [0.29, 0.717) is 33.8 Å². The lowest BCUT2D eigenvalue weighted by Gasteiger charge is -2.29. The van der Waals surface area contributed by atoms with Crippen molar-refractivity contribution in [1.29, 1.82) is 0 Å². The number of phenols is 1. The number of ketones is 1. The number of ether oxygens (including phenoxy) is 3. The van der Waals surface area contributed by atoms with Gasteiger partial charge in [0.15, 0.2) is 11.5 Å². The number of aliphatic hydroxyl groups excluding tert-OH is 1. The molecule has 1 aliphatic rings. The number of rotatable bonds is 10. The highest BCUT2D eigenvalue weighted by Gasteiger charge is 2.46. The zero-order chi connectivity index (χ0) is 26.6. The molecule has 1 amide bonds. The molecule has 9 nitrogen and oxygen atoms in total. The van der Waals surface area contributed by atoms with Gasteiger partial charge in [-0.2, -0.15) is 0 Å². The van der Waals surface area contributed by atoms with Crippen molar-refractivity contribution in [2.45, 2.75) is 19.9 Å². The number of Topliss-reactive ketones (excluding diaryl/α,β-unsaturated/α-hetero) is 1. The van der Waals surface area contributed by atoms with Gasteiger partial charge in [-0.05, 0) is 49.0 Å². The van der Waals surface area contributed by atoms with Gasteiger partial charge in [-0.1, -0.05) is 29.8 Å². The van der Waals surface area contributed by atoms with Gasteiger partial charge in [0.1, 0.15) is 11.5 Å². The Morgan fingerprint density at radius 2 is 1.64 bits per heavy atom. The lowest BCUT2D eigenvalue weighted by atomic mass is 9.94. The first-order valence-corrected chi connectivity index (χ1v) is 12.3. The number of aromatic hydroxyl groups is 1. The Kier molecular flexibility index (Phi) is 8.86. The van der Waals surface area contributed by atoms with Crippen LogP contribution < -0.4 is 14.2 Å². The molecule has 0 aliphatic carbocycles. The first-order valence-electron chi connectivity index (χ1n) is 11.5. The summed E-state index contributed by atoms with van der Waals surface area (Å²) in [6.07, 6.45) is 0. The van der Waals surface area contributed by atoms with Crippen molar-refractivity contribution < 1.29 is 34.0 Å². The van der Waals surface area contributed by atoms with E-state index < -0.39 is 23.5 Å². The smallest absolute Gasteiger partial charge is 0.295 e. The second-order valence-electron chi connectivity index (χ2n) is 8.14. The first-order chi connectivity index (χ1) is 17.2. The maximum atomic E-state index is 13.3. The second kappa shape index (κ2) is 11.7. The van der Waals surface area contributed by atoms with Gasteiger partial charge in [0.05, 0.1) is 38.5 Å². The Bertz CT molecular complexity index is 1150. The van der Waals surface area contributed by atoms with Crippen molar-refractivity contribution in [1.82, 2.24) is 9.80 Å². The molecule has 1 fully saturated rings. The van der Waals surface area contributed by atoms with E-state index in [-0.39, 0.29) is 23.4 Å². The molecule has 0 bridgehead atoms. The SMILES string of the molecule is CCN(CC)CCN1C(=O)C(=O)C(=C(O)c2cc(Br)ccc2O)[C@H]1c1cc(OC)c(OC)c(OC)c1. The Hall–Kier alpha value is -3.24. The summed E-state index contributed by atoms with van der Waals surface area (Å²) in [6, 6.07) is 6.83. The zero-order valence-corrected chi connectivity index (χ0v) is 22.6. The zero-order valence-electron chi connectivity index (χ0n) is 21.0. The van der Waals surface area contributed by atoms with Crippen LogP contribution in [0.1, 0.15) is 31.0 Å². The normalized spacial score (nSPS) is 17.1. The van der Waals surface area contributed by atoms with Gasteiger partial charge < -0.3 is 34.2 Å². The number of hydrogen-bond acceptors (Lipinski definition) is 8. The molecule has 1 heterocycles. The fraction of sp³-hybridized carbons (Fsp3) is 0.385. The van der Waals surface area contributed by atoms with Crippen LogP contribution >= 0.6 is 15.9 Å². The number of carbonyl (C=O) groups excluding carboxylic acids is 2. The van der Waals surface area contributed by atoms with Crippen molar-refractivity contribution in [3.63, 3.8) is 0 Å². The number of benzene rings is 2. The number of halogens is 1. The van der Waals surface area contributed by atoms with Crippen LogP contribution in [-0.4, -0.2) is 79.2 Å². The van der Waals surface area contributed by atoms with Crippen LogP contribution in [0.4, 0.5) is 0 Å². The molecule has 10 heteroatoms. The number of hydrogen-bond donors (Lipinski definition) is 2. The van der Waals surface area contributed by atoms with E-state index in [1.54, 1.807) is 18.2 Å². The molecule has 0 unspecified atom stereocenters. The Labute approximate surface area is 219 Å². The number of phenolic OH excluding ortho intramolecular Hbond substituents is 1. The molecule has 2 N–H and O–H groups in total. The van der Waals surface area contributed by atoms with Gasteiger partial charge in [0, 0.05) is 17.6 Å². The lowest BCUT2D eigenvalue weighted by Crippen LogP contribution is -2.38. The molecule has 0 radical (unpaired) electrons. The molecule has 1 aliphatic heterocycles. The molecule has 2 aromatic carbocycles. The number of carbonyl (C=O) groups is 2. The molecule has 0 spiro atoms. The van der Waals surface area contributed by atoms with Crippen LogP contribution in [0.25, 0.3) is 5.76 Å². The van der Waals surface area contributed by atoms with Crippen molar-refractivity contribution >= 4 is 33.4 Å². The van der Waals surface area contributed by atoms with E-state index in [1.165, 1.54) is 38.4 Å². The predicted molar refractivity (Wildman–Crippen MR) is 139 cm³/mol. The largest absolute Gasteiger partial charge is 0.507 e. The number of aliphatic hydroxyl groups is 1. The van der Waals surface area contributed by atoms with Crippen molar-refractivity contribution in [2.75, 3.05) is 47.5 Å². The average molecular weight is 563 g/mol. The highest BCUT2D eigenvalue weighted by molar-refractivity contribution is 9.10. The standard InChI is InChI=1S/C26H31BrN2O7/c1-6-28(7-2)10-11-29-22(15-12-19(34-3)25(36-5)20(13-15)35-4)21(24(32)26(29)33)23(31)17-14-16(27)8-9-18(17)30/h8-9,12-14,22,30-31H,6-7,10-11H2,1-5H3/t22-/m1/s1. The molecular weight excluding hydrogens is 532 g/mol. The van der Waals surface area contributed by atoms with E-state index in [4.69, 9.17) is 14.2 Å². The van der Waals surface area contributed by atoms with Crippen LogP contribution in [0.3, 0.4) is 0 Å². The minimum atomic E-state index is -0.951. The highest BCUT2D eigenvalue weighted by Crippen LogP contribution is 2.46. The van der Waals surface area contributed by atoms with Gasteiger partial charge in [-0.3, -0.25) is 9.59 Å². The third kappa shape index (κ3) is 5.15. The van der Waals surface area contributed by atoms with E-state index in [0.717, 1.165) is 13.1 Å². The number of likely N-dealkylation sites (N-methyl/N-ethyl adjacent to an activating group) is 1. The van der Waals surface area contributed by atoms with Crippen molar-refractivity contribution in [2.24, 2.45) is 0 Å². The molecule has 36 heavy (non-hydrogen) atoms. The van der Waals surface area contributed by atoms with Gasteiger partial charge in [-0.25, -0.2) is 0 Å². The molecule has 0 saturated carbocycles. The molecular formula is C26H31BrN2O7. The van der Waals surface area contributed by atoms with Crippen molar-refractivity contribution in [3.05, 3.63) is 51.5 Å². The monoisotopic (exact) mass is 562 g/mol. The highest BCUT2D eigenvalue weighted by atomic mass is 79.9. The van der Waals surface area contributed by atoms with Crippen LogP contribution in [-0.2, 0) is 9.59 Å². The topological polar surface area (TPSA) is 109 Å². The van der Waals surface area contributed by atoms with E-state index in [2.05, 4.69) is 20.8 Å². The Morgan fingerprint density at radius 3 is 2.17 bits per heavy atom. The summed E-state index contributed by atoms with van der Waals surface area (Å²) in [5, 5.41) is 21.7. The van der Waals surface area contributed by atoms with Crippen LogP contribution in [0.2, 0.25) is 0 Å². The third-order valence-corrected chi connectivity index (χ3v) is 6.80. The number of likely N-dealkylation sites (tertiary alicyclic amines) is 1. The van der Waals surface area contributed by atoms with Gasteiger partial charge in [0.2, 0.25) is 5.75 Å². The second-order valence-corrected chi connectivity index (χ2v) is 9.06. The number of nitrogens with zero attached hydrogens (tertiary/aromatic N) is 2. The maximum Gasteiger partial charge on any atom is 0.295 e. The fourth-order valence-corrected chi connectivity index (χ4v) is 4.71. The quantitative estimate of drug-likeness (QED) is 0.254. The summed E-state index contributed by atoms with van der Waals surface area (Å²) in [5.74, 6) is -1.25. The van der Waals surface area contributed by atoms with E-state index in [9.17, 15) is 19.8 Å². The maximum absolute atomic E-state index is 13.3. The predicted octanol–water partition coefficient (Wildman–Crippen LogP) is 3.94. The van der Waals surface area contributed by atoms with Gasteiger partial charge >= 0.3 is 0 Å². The minimum Gasteiger partial charge on any atom is -0.507 e. The number of amides is 1. The molecule has 1 atom stereocenters. The summed E-state index contributed by atoms with van der Waals surface area (Å²) in [4.78, 5) is 30.1. The molecule has 1 saturated heterocycles. The summed E-state index contributed by atoms with van der Waals surface area (Å²) in [5.41, 5.74) is 0.380. The minimum absolute atomic E-state index is 0.0311. The third-order valence-electron chi connectivity index (χ3n) is 6.31. The Morgan fingerprint density at radius 1 is 1.03 bits per heavy atom. The molecule has 3 rings (SSSR count). The first kappa shape index (κ1) is 27.3. The van der Waals surface area contributed by atoms with Gasteiger partial charge in [-0.15, -0.1) is 0 Å². The number of methoxy groups -OCH3 is 3. The molecule has 2 aromatic rings. The summed E-state index contributed by atoms with van der Waals surface area (Å²) < 4.78 is 17.0. The van der Waals surface area contributed by atoms with Gasteiger partial charge in [0.25, 0.3) is 11.7 Å². The summed E-state index contributed by atoms with van der Waals surface area (Å²) in [7, 11) is 4.42. The lowest BCUT2D eigenvalue weighted by molar-refractivity contribution is -0.140. The van der Waals surface area contributed by atoms with E-state index >= 15 is 0 Å². The summed E-state index contributed by atoms with van der Waals surface area (Å²) in [6.45, 7) is 6.37. The van der Waals surface area contributed by atoms with Crippen LogP contribution in [0.15, 0.2) is 40.4 Å².